The lowest BCUT2D eigenvalue weighted by Crippen LogP contribution is -2.27. The van der Waals surface area contributed by atoms with Gasteiger partial charge in [0, 0.05) is 18.3 Å². The molecule has 0 aliphatic carbocycles. The van der Waals surface area contributed by atoms with Gasteiger partial charge in [-0.15, -0.1) is 0 Å². The Kier molecular flexibility index (Phi) is 6.22. The molecule has 1 rings (SSSR count). The maximum absolute atomic E-state index is 5.70. The van der Waals surface area contributed by atoms with E-state index in [9.17, 15) is 0 Å². The van der Waals surface area contributed by atoms with Gasteiger partial charge in [-0.2, -0.15) is 5.10 Å². The van der Waals surface area contributed by atoms with Crippen molar-refractivity contribution < 1.29 is 4.74 Å². The molecule has 1 N–H and O–H groups in total. The predicted molar refractivity (Wildman–Crippen MR) is 70.0 cm³/mol. The third kappa shape index (κ3) is 4.88. The Morgan fingerprint density at radius 3 is 2.71 bits per heavy atom. The van der Waals surface area contributed by atoms with Crippen molar-refractivity contribution in [3.8, 4) is 0 Å². The van der Waals surface area contributed by atoms with Crippen molar-refractivity contribution in [3.05, 3.63) is 18.0 Å². The monoisotopic (exact) mass is 239 g/mol. The van der Waals surface area contributed by atoms with E-state index >= 15 is 0 Å². The van der Waals surface area contributed by atoms with E-state index in [0.29, 0.717) is 6.61 Å². The molecular formula is C13H25N3O. The van der Waals surface area contributed by atoms with E-state index in [1.807, 2.05) is 10.9 Å². The fourth-order valence-electron chi connectivity index (χ4n) is 1.61. The minimum absolute atomic E-state index is 0.248. The molecule has 1 aromatic rings. The standard InChI is InChI=1S/C13H25N3O/c1-5-7-14-13(10-17-11(3)4)12-8-15-16(6-2)9-12/h8-9,11,13-14H,5-7,10H2,1-4H3. The van der Waals surface area contributed by atoms with Crippen LogP contribution in [0.2, 0.25) is 0 Å². The lowest BCUT2D eigenvalue weighted by molar-refractivity contribution is 0.0611. The van der Waals surface area contributed by atoms with Crippen LogP contribution in [0.5, 0.6) is 0 Å². The van der Waals surface area contributed by atoms with Crippen LogP contribution in [0.4, 0.5) is 0 Å². The molecule has 1 heterocycles. The van der Waals surface area contributed by atoms with Gasteiger partial charge < -0.3 is 10.1 Å². The molecule has 0 saturated carbocycles. The van der Waals surface area contributed by atoms with Crippen molar-refractivity contribution in [2.24, 2.45) is 0 Å². The van der Waals surface area contributed by atoms with E-state index in [1.165, 1.54) is 5.56 Å². The highest BCUT2D eigenvalue weighted by Crippen LogP contribution is 2.13. The molecule has 0 radical (unpaired) electrons. The zero-order valence-electron chi connectivity index (χ0n) is 11.4. The van der Waals surface area contributed by atoms with Gasteiger partial charge in [-0.1, -0.05) is 6.92 Å². The first kappa shape index (κ1) is 14.2. The third-order valence-electron chi connectivity index (χ3n) is 2.62. The van der Waals surface area contributed by atoms with Crippen molar-refractivity contribution in [3.63, 3.8) is 0 Å². The highest BCUT2D eigenvalue weighted by atomic mass is 16.5. The summed E-state index contributed by atoms with van der Waals surface area (Å²) in [4.78, 5) is 0. The molecule has 1 unspecified atom stereocenters. The van der Waals surface area contributed by atoms with Gasteiger partial charge in [0.15, 0.2) is 0 Å². The van der Waals surface area contributed by atoms with Gasteiger partial charge >= 0.3 is 0 Å². The number of hydrogen-bond acceptors (Lipinski definition) is 3. The summed E-state index contributed by atoms with van der Waals surface area (Å²) in [5, 5.41) is 7.81. The number of aromatic nitrogens is 2. The molecule has 1 aromatic heterocycles. The van der Waals surface area contributed by atoms with Crippen molar-refractivity contribution in [1.82, 2.24) is 15.1 Å². The molecule has 0 aliphatic rings. The Balaban J connectivity index is 2.60. The lowest BCUT2D eigenvalue weighted by Gasteiger charge is -2.18. The van der Waals surface area contributed by atoms with E-state index in [-0.39, 0.29) is 12.1 Å². The molecule has 0 bridgehead atoms. The molecule has 0 aromatic carbocycles. The number of nitrogens with one attached hydrogen (secondary N) is 1. The first-order chi connectivity index (χ1) is 8.17. The molecule has 4 nitrogen and oxygen atoms in total. The number of nitrogens with zero attached hydrogens (tertiary/aromatic N) is 2. The Morgan fingerprint density at radius 2 is 2.18 bits per heavy atom. The molecule has 0 saturated heterocycles. The van der Waals surface area contributed by atoms with Crippen LogP contribution in [-0.4, -0.2) is 29.0 Å². The molecule has 17 heavy (non-hydrogen) atoms. The molecule has 1 atom stereocenters. The first-order valence-corrected chi connectivity index (χ1v) is 6.54. The van der Waals surface area contributed by atoms with Gasteiger partial charge in [0.05, 0.1) is 24.9 Å². The SMILES string of the molecule is CCCNC(COC(C)C)c1cnn(CC)c1. The third-order valence-corrected chi connectivity index (χ3v) is 2.62. The minimum atomic E-state index is 0.248. The normalized spacial score (nSPS) is 13.2. The van der Waals surface area contributed by atoms with E-state index in [4.69, 9.17) is 4.74 Å². The lowest BCUT2D eigenvalue weighted by atomic mass is 10.1. The van der Waals surface area contributed by atoms with Gasteiger partial charge in [0.2, 0.25) is 0 Å². The number of hydrogen-bond donors (Lipinski definition) is 1. The predicted octanol–water partition coefficient (Wildman–Crippen LogP) is 2.37. The molecule has 4 heteroatoms. The van der Waals surface area contributed by atoms with Crippen LogP contribution in [0.25, 0.3) is 0 Å². The van der Waals surface area contributed by atoms with Gasteiger partial charge in [-0.25, -0.2) is 0 Å². The molecule has 0 spiro atoms. The molecule has 98 valence electrons. The number of aryl methyl sites for hydroxylation is 1. The second-order valence-electron chi connectivity index (χ2n) is 4.52. The van der Waals surface area contributed by atoms with E-state index in [2.05, 4.69) is 44.3 Å². The van der Waals surface area contributed by atoms with Gasteiger partial charge in [0.1, 0.15) is 0 Å². The quantitative estimate of drug-likeness (QED) is 0.757. The molecule has 0 aliphatic heterocycles. The summed E-state index contributed by atoms with van der Waals surface area (Å²) in [6.45, 7) is 11.0. The van der Waals surface area contributed by atoms with Crippen molar-refractivity contribution in [1.29, 1.82) is 0 Å². The summed E-state index contributed by atoms with van der Waals surface area (Å²) in [6.07, 6.45) is 5.42. The summed E-state index contributed by atoms with van der Waals surface area (Å²) < 4.78 is 7.65. The number of ether oxygens (including phenoxy) is 1. The Morgan fingerprint density at radius 1 is 1.41 bits per heavy atom. The fourth-order valence-corrected chi connectivity index (χ4v) is 1.61. The van der Waals surface area contributed by atoms with Crippen molar-refractivity contribution >= 4 is 0 Å². The Labute approximate surface area is 104 Å². The Bertz CT molecular complexity index is 309. The van der Waals surface area contributed by atoms with Crippen LogP contribution in [0.1, 0.15) is 45.7 Å². The molecule has 0 fully saturated rings. The highest BCUT2D eigenvalue weighted by molar-refractivity contribution is 5.10. The summed E-state index contributed by atoms with van der Waals surface area (Å²) in [7, 11) is 0. The first-order valence-electron chi connectivity index (χ1n) is 6.54. The summed E-state index contributed by atoms with van der Waals surface area (Å²) in [5.41, 5.74) is 1.21. The van der Waals surface area contributed by atoms with Crippen LogP contribution in [0.3, 0.4) is 0 Å². The average molecular weight is 239 g/mol. The maximum atomic E-state index is 5.70. The largest absolute Gasteiger partial charge is 0.377 e. The zero-order chi connectivity index (χ0) is 12.7. The van der Waals surface area contributed by atoms with E-state index in [0.717, 1.165) is 19.5 Å². The van der Waals surface area contributed by atoms with E-state index < -0.39 is 0 Å². The Hall–Kier alpha value is -0.870. The summed E-state index contributed by atoms with van der Waals surface area (Å²) >= 11 is 0. The van der Waals surface area contributed by atoms with Crippen molar-refractivity contribution in [2.75, 3.05) is 13.2 Å². The maximum Gasteiger partial charge on any atom is 0.0666 e. The molecule has 0 amide bonds. The molecular weight excluding hydrogens is 214 g/mol. The van der Waals surface area contributed by atoms with Crippen LogP contribution in [0, 0.1) is 0 Å². The minimum Gasteiger partial charge on any atom is -0.377 e. The van der Waals surface area contributed by atoms with Crippen LogP contribution in [0.15, 0.2) is 12.4 Å². The zero-order valence-corrected chi connectivity index (χ0v) is 11.4. The van der Waals surface area contributed by atoms with Gasteiger partial charge in [-0.3, -0.25) is 4.68 Å². The van der Waals surface area contributed by atoms with Crippen LogP contribution in [-0.2, 0) is 11.3 Å². The highest BCUT2D eigenvalue weighted by Gasteiger charge is 2.13. The second-order valence-corrected chi connectivity index (χ2v) is 4.52. The summed E-state index contributed by atoms with van der Waals surface area (Å²) in [5.74, 6) is 0. The number of rotatable bonds is 8. The second kappa shape index (κ2) is 7.45. The van der Waals surface area contributed by atoms with Gasteiger partial charge in [0.25, 0.3) is 0 Å². The van der Waals surface area contributed by atoms with Crippen molar-refractivity contribution in [2.45, 2.75) is 52.8 Å². The van der Waals surface area contributed by atoms with E-state index in [1.54, 1.807) is 0 Å². The average Bonchev–Trinajstić information content (AvgIpc) is 2.77. The van der Waals surface area contributed by atoms with Gasteiger partial charge in [-0.05, 0) is 33.7 Å². The van der Waals surface area contributed by atoms with Crippen LogP contribution >= 0.6 is 0 Å². The topological polar surface area (TPSA) is 39.1 Å². The summed E-state index contributed by atoms with van der Waals surface area (Å²) in [6, 6.07) is 0.248. The fraction of sp³-hybridized carbons (Fsp3) is 0.769. The smallest absolute Gasteiger partial charge is 0.0666 e. The van der Waals surface area contributed by atoms with Crippen LogP contribution < -0.4 is 5.32 Å².